The molecule has 2 N–H and O–H groups in total. The van der Waals surface area contributed by atoms with E-state index in [-0.39, 0.29) is 6.61 Å². The first-order valence-electron chi connectivity index (χ1n) is 5.52. The molecule has 4 nitrogen and oxygen atoms in total. The number of benzene rings is 1. The standard InChI is InChI=1S/C12H14F3NO3/c13-12(14,15)8-19-7-11(18)16-10(6-17)9-4-2-1-3-5-9/h1-5,10,17H,6-8H2,(H,16,18). The first-order chi connectivity index (χ1) is 8.92. The summed E-state index contributed by atoms with van der Waals surface area (Å²) in [7, 11) is 0. The molecule has 0 radical (unpaired) electrons. The van der Waals surface area contributed by atoms with Crippen LogP contribution in [0.4, 0.5) is 13.2 Å². The van der Waals surface area contributed by atoms with Gasteiger partial charge in [0.25, 0.3) is 0 Å². The fourth-order valence-electron chi connectivity index (χ4n) is 1.42. The van der Waals surface area contributed by atoms with Crippen LogP contribution in [0.2, 0.25) is 0 Å². The van der Waals surface area contributed by atoms with Gasteiger partial charge < -0.3 is 15.2 Å². The number of halogens is 3. The summed E-state index contributed by atoms with van der Waals surface area (Å²) in [6.45, 7) is -2.53. The maximum absolute atomic E-state index is 11.8. The van der Waals surface area contributed by atoms with Crippen molar-refractivity contribution in [3.63, 3.8) is 0 Å². The summed E-state index contributed by atoms with van der Waals surface area (Å²) in [5.41, 5.74) is 0.661. The van der Waals surface area contributed by atoms with E-state index < -0.39 is 31.3 Å². The lowest BCUT2D eigenvalue weighted by atomic mass is 10.1. The number of rotatable bonds is 6. The lowest BCUT2D eigenvalue weighted by Gasteiger charge is -2.16. The number of amides is 1. The normalized spacial score (nSPS) is 13.1. The van der Waals surface area contributed by atoms with E-state index in [2.05, 4.69) is 10.1 Å². The van der Waals surface area contributed by atoms with Crippen LogP contribution in [0.3, 0.4) is 0 Å². The van der Waals surface area contributed by atoms with Crippen molar-refractivity contribution >= 4 is 5.91 Å². The Bertz CT molecular complexity index is 395. The highest BCUT2D eigenvalue weighted by molar-refractivity contribution is 5.77. The molecule has 0 aliphatic heterocycles. The lowest BCUT2D eigenvalue weighted by molar-refractivity contribution is -0.175. The topological polar surface area (TPSA) is 58.6 Å². The first kappa shape index (κ1) is 15.5. The molecule has 19 heavy (non-hydrogen) atoms. The number of carbonyl (C=O) groups is 1. The van der Waals surface area contributed by atoms with Gasteiger partial charge in [-0.05, 0) is 5.56 Å². The molecule has 0 heterocycles. The highest BCUT2D eigenvalue weighted by Gasteiger charge is 2.28. The number of aliphatic hydroxyl groups excluding tert-OH is 1. The Labute approximate surface area is 108 Å². The van der Waals surface area contributed by atoms with Crippen LogP contribution in [-0.2, 0) is 9.53 Å². The van der Waals surface area contributed by atoms with Gasteiger partial charge in [0.1, 0.15) is 13.2 Å². The highest BCUT2D eigenvalue weighted by atomic mass is 19.4. The van der Waals surface area contributed by atoms with Crippen LogP contribution in [0.15, 0.2) is 30.3 Å². The van der Waals surface area contributed by atoms with Crippen LogP contribution in [0, 0.1) is 0 Å². The van der Waals surface area contributed by atoms with Gasteiger partial charge in [0.05, 0.1) is 12.6 Å². The van der Waals surface area contributed by atoms with Crippen molar-refractivity contribution in [2.24, 2.45) is 0 Å². The summed E-state index contributed by atoms with van der Waals surface area (Å²) >= 11 is 0. The summed E-state index contributed by atoms with van der Waals surface area (Å²) in [4.78, 5) is 11.4. The van der Waals surface area contributed by atoms with Gasteiger partial charge in [0.15, 0.2) is 0 Å². The average Bonchev–Trinajstić information content (AvgIpc) is 2.35. The zero-order chi connectivity index (χ0) is 14.3. The Morgan fingerprint density at radius 3 is 2.47 bits per heavy atom. The molecule has 1 rings (SSSR count). The predicted octanol–water partition coefficient (Wildman–Crippen LogP) is 1.42. The minimum absolute atomic E-state index is 0.352. The second kappa shape index (κ2) is 7.10. The fourth-order valence-corrected chi connectivity index (χ4v) is 1.42. The van der Waals surface area contributed by atoms with Gasteiger partial charge in [-0.25, -0.2) is 0 Å². The number of hydrogen-bond acceptors (Lipinski definition) is 3. The van der Waals surface area contributed by atoms with E-state index in [1.807, 2.05) is 0 Å². The minimum atomic E-state index is -4.46. The number of nitrogens with one attached hydrogen (secondary N) is 1. The van der Waals surface area contributed by atoms with E-state index in [0.29, 0.717) is 5.56 Å². The van der Waals surface area contributed by atoms with Crippen LogP contribution in [-0.4, -0.2) is 37.0 Å². The van der Waals surface area contributed by atoms with E-state index in [1.54, 1.807) is 30.3 Å². The average molecular weight is 277 g/mol. The molecule has 0 aliphatic rings. The van der Waals surface area contributed by atoms with Crippen molar-refractivity contribution in [1.82, 2.24) is 5.32 Å². The van der Waals surface area contributed by atoms with Crippen molar-refractivity contribution in [2.75, 3.05) is 19.8 Å². The third-order valence-electron chi connectivity index (χ3n) is 2.22. The first-order valence-corrected chi connectivity index (χ1v) is 5.52. The molecule has 1 amide bonds. The zero-order valence-corrected chi connectivity index (χ0v) is 9.98. The van der Waals surface area contributed by atoms with E-state index in [1.165, 1.54) is 0 Å². The molecule has 1 aromatic carbocycles. The van der Waals surface area contributed by atoms with Gasteiger partial charge in [0.2, 0.25) is 5.91 Å². The second-order valence-corrected chi connectivity index (χ2v) is 3.82. The summed E-state index contributed by atoms with van der Waals surface area (Å²) in [6.07, 6.45) is -4.46. The molecule has 0 aliphatic carbocycles. The Hall–Kier alpha value is -1.60. The van der Waals surface area contributed by atoms with Crippen LogP contribution in [0.1, 0.15) is 11.6 Å². The second-order valence-electron chi connectivity index (χ2n) is 3.82. The minimum Gasteiger partial charge on any atom is -0.394 e. The number of carbonyl (C=O) groups excluding carboxylic acids is 1. The molecule has 1 unspecified atom stereocenters. The Kier molecular flexibility index (Phi) is 5.78. The Balaban J connectivity index is 2.42. The van der Waals surface area contributed by atoms with Crippen LogP contribution in [0.25, 0.3) is 0 Å². The molecule has 0 bridgehead atoms. The van der Waals surface area contributed by atoms with Gasteiger partial charge in [-0.1, -0.05) is 30.3 Å². The lowest BCUT2D eigenvalue weighted by Crippen LogP contribution is -2.34. The monoisotopic (exact) mass is 277 g/mol. The largest absolute Gasteiger partial charge is 0.411 e. The SMILES string of the molecule is O=C(COCC(F)(F)F)NC(CO)c1ccccc1. The van der Waals surface area contributed by atoms with Crippen LogP contribution in [0.5, 0.6) is 0 Å². The molecule has 0 fully saturated rings. The summed E-state index contributed by atoms with van der Waals surface area (Å²) in [6, 6.07) is 7.94. The quantitative estimate of drug-likeness (QED) is 0.826. The summed E-state index contributed by atoms with van der Waals surface area (Å²) in [5, 5.41) is 11.5. The molecule has 0 saturated carbocycles. The molecular weight excluding hydrogens is 263 g/mol. The van der Waals surface area contributed by atoms with E-state index in [0.717, 1.165) is 0 Å². The number of ether oxygens (including phenoxy) is 1. The van der Waals surface area contributed by atoms with Gasteiger partial charge in [-0.2, -0.15) is 13.2 Å². The maximum atomic E-state index is 11.8. The molecule has 0 saturated heterocycles. The molecule has 7 heteroatoms. The number of hydrogen-bond donors (Lipinski definition) is 2. The van der Waals surface area contributed by atoms with E-state index in [4.69, 9.17) is 5.11 Å². The molecular formula is C12H14F3NO3. The van der Waals surface area contributed by atoms with Crippen LogP contribution >= 0.6 is 0 Å². The van der Waals surface area contributed by atoms with Gasteiger partial charge in [0, 0.05) is 0 Å². The molecule has 1 aromatic rings. The third-order valence-corrected chi connectivity index (χ3v) is 2.22. The third kappa shape index (κ3) is 6.21. The number of aliphatic hydroxyl groups is 1. The van der Waals surface area contributed by atoms with Crippen molar-refractivity contribution in [2.45, 2.75) is 12.2 Å². The Morgan fingerprint density at radius 2 is 1.95 bits per heavy atom. The van der Waals surface area contributed by atoms with E-state index in [9.17, 15) is 18.0 Å². The molecule has 1 atom stereocenters. The van der Waals surface area contributed by atoms with Crippen LogP contribution < -0.4 is 5.32 Å². The zero-order valence-electron chi connectivity index (χ0n) is 9.98. The Morgan fingerprint density at radius 1 is 1.32 bits per heavy atom. The summed E-state index contributed by atoms with van der Waals surface area (Å²) in [5.74, 6) is -0.716. The molecule has 0 spiro atoms. The molecule has 0 aromatic heterocycles. The van der Waals surface area contributed by atoms with Gasteiger partial charge >= 0.3 is 6.18 Å². The van der Waals surface area contributed by atoms with Crippen molar-refractivity contribution in [1.29, 1.82) is 0 Å². The fraction of sp³-hybridized carbons (Fsp3) is 0.417. The van der Waals surface area contributed by atoms with Crippen molar-refractivity contribution < 1.29 is 27.8 Å². The van der Waals surface area contributed by atoms with Crippen molar-refractivity contribution in [3.05, 3.63) is 35.9 Å². The smallest absolute Gasteiger partial charge is 0.394 e. The van der Waals surface area contributed by atoms with Crippen molar-refractivity contribution in [3.8, 4) is 0 Å². The molecule has 106 valence electrons. The number of alkyl halides is 3. The highest BCUT2D eigenvalue weighted by Crippen LogP contribution is 2.14. The van der Waals surface area contributed by atoms with E-state index >= 15 is 0 Å². The maximum Gasteiger partial charge on any atom is 0.411 e. The van der Waals surface area contributed by atoms with Gasteiger partial charge in [-0.15, -0.1) is 0 Å². The summed E-state index contributed by atoms with van der Waals surface area (Å²) < 4.78 is 39.6. The predicted molar refractivity (Wildman–Crippen MR) is 61.3 cm³/mol. The van der Waals surface area contributed by atoms with Gasteiger partial charge in [-0.3, -0.25) is 4.79 Å².